The van der Waals surface area contributed by atoms with E-state index in [0.29, 0.717) is 25.6 Å². The molecule has 0 bridgehead atoms. The largest absolute Gasteiger partial charge is 0.351 e. The minimum atomic E-state index is 0.0132. The van der Waals surface area contributed by atoms with Gasteiger partial charge in [0, 0.05) is 38.9 Å². The first-order chi connectivity index (χ1) is 10.7. The van der Waals surface area contributed by atoms with Crippen LogP contribution in [0.15, 0.2) is 18.3 Å². The number of nitrogens with zero attached hydrogens (tertiary/aromatic N) is 5. The average molecular weight is 302 g/mol. The molecule has 1 aromatic rings. The molecule has 22 heavy (non-hydrogen) atoms. The quantitative estimate of drug-likeness (QED) is 0.785. The Morgan fingerprint density at radius 1 is 1.64 bits per heavy atom. The molecule has 0 spiro atoms. The van der Waals surface area contributed by atoms with Crippen molar-refractivity contribution in [2.24, 2.45) is 0 Å². The maximum Gasteiger partial charge on any atom is 0.236 e. The summed E-state index contributed by atoms with van der Waals surface area (Å²) in [7, 11) is 1.72. The van der Waals surface area contributed by atoms with Crippen molar-refractivity contribution in [1.29, 1.82) is 5.26 Å². The first kappa shape index (κ1) is 16.2. The van der Waals surface area contributed by atoms with Crippen molar-refractivity contribution in [2.45, 2.75) is 25.3 Å². The molecule has 7 nitrogen and oxygen atoms in total. The van der Waals surface area contributed by atoms with Crippen molar-refractivity contribution in [3.05, 3.63) is 18.3 Å². The van der Waals surface area contributed by atoms with Crippen LogP contribution in [0.2, 0.25) is 0 Å². The lowest BCUT2D eigenvalue weighted by Gasteiger charge is -2.25. The van der Waals surface area contributed by atoms with Gasteiger partial charge >= 0.3 is 0 Å². The number of nitriles is 1. The van der Waals surface area contributed by atoms with Gasteiger partial charge in [-0.15, -0.1) is 5.10 Å². The number of nitrogens with one attached hydrogen (secondary N) is 1. The maximum atomic E-state index is 11.9. The predicted molar refractivity (Wildman–Crippen MR) is 83.1 cm³/mol. The minimum Gasteiger partial charge on any atom is -0.351 e. The highest BCUT2D eigenvalue weighted by Crippen LogP contribution is 2.22. The van der Waals surface area contributed by atoms with E-state index in [-0.39, 0.29) is 5.91 Å². The fourth-order valence-electron chi connectivity index (χ4n) is 2.62. The fraction of sp³-hybridized carbons (Fsp3) is 0.600. The molecule has 118 valence electrons. The summed E-state index contributed by atoms with van der Waals surface area (Å²) in [6.45, 7) is 2.49. The molecular weight excluding hydrogens is 280 g/mol. The topological polar surface area (TPSA) is 85.2 Å². The Morgan fingerprint density at radius 3 is 3.23 bits per heavy atom. The molecule has 2 rings (SSSR count). The number of hydrogen-bond donors (Lipinski definition) is 1. The third-order valence-corrected chi connectivity index (χ3v) is 3.87. The molecule has 1 fully saturated rings. The van der Waals surface area contributed by atoms with Gasteiger partial charge in [-0.25, -0.2) is 0 Å². The first-order valence-corrected chi connectivity index (χ1v) is 7.58. The normalized spacial score (nSPS) is 17.3. The number of aromatic nitrogens is 2. The second kappa shape index (κ2) is 8.29. The summed E-state index contributed by atoms with van der Waals surface area (Å²) in [6, 6.07) is 6.24. The molecule has 1 amide bonds. The molecular formula is C15H22N6O. The number of carbonyl (C=O) groups is 1. The van der Waals surface area contributed by atoms with E-state index in [1.165, 1.54) is 0 Å². The van der Waals surface area contributed by atoms with Crippen molar-refractivity contribution in [1.82, 2.24) is 20.4 Å². The van der Waals surface area contributed by atoms with Crippen molar-refractivity contribution in [3.8, 4) is 6.07 Å². The van der Waals surface area contributed by atoms with E-state index in [9.17, 15) is 4.79 Å². The summed E-state index contributed by atoms with van der Waals surface area (Å²) in [5, 5.41) is 19.8. The van der Waals surface area contributed by atoms with Gasteiger partial charge < -0.3 is 15.1 Å². The number of rotatable bonds is 7. The van der Waals surface area contributed by atoms with Gasteiger partial charge in [-0.3, -0.25) is 4.79 Å². The van der Waals surface area contributed by atoms with Gasteiger partial charge in [-0.2, -0.15) is 10.4 Å². The highest BCUT2D eigenvalue weighted by molar-refractivity contribution is 5.77. The molecule has 0 aromatic carbocycles. The zero-order valence-electron chi connectivity index (χ0n) is 12.9. The second-order valence-corrected chi connectivity index (χ2v) is 5.43. The van der Waals surface area contributed by atoms with Gasteiger partial charge in [0.05, 0.1) is 19.0 Å². The monoisotopic (exact) mass is 302 g/mol. The van der Waals surface area contributed by atoms with Crippen LogP contribution in [0.25, 0.3) is 0 Å². The Kier molecular flexibility index (Phi) is 6.10. The van der Waals surface area contributed by atoms with Gasteiger partial charge in [-0.05, 0) is 25.0 Å². The third-order valence-electron chi connectivity index (χ3n) is 3.87. The van der Waals surface area contributed by atoms with Crippen LogP contribution in [-0.2, 0) is 4.79 Å². The molecule has 1 aliphatic rings. The van der Waals surface area contributed by atoms with Gasteiger partial charge in [0.15, 0.2) is 5.82 Å². The van der Waals surface area contributed by atoms with Crippen molar-refractivity contribution in [3.63, 3.8) is 0 Å². The number of amides is 1. The van der Waals surface area contributed by atoms with Crippen LogP contribution < -0.4 is 10.2 Å². The van der Waals surface area contributed by atoms with Gasteiger partial charge in [0.25, 0.3) is 0 Å². The lowest BCUT2D eigenvalue weighted by Crippen LogP contribution is -2.42. The van der Waals surface area contributed by atoms with Gasteiger partial charge in [-0.1, -0.05) is 0 Å². The number of hydrogen-bond acceptors (Lipinski definition) is 6. The molecule has 0 radical (unpaired) electrons. The van der Waals surface area contributed by atoms with Crippen LogP contribution in [0.5, 0.6) is 0 Å². The van der Waals surface area contributed by atoms with Crippen molar-refractivity contribution >= 4 is 11.7 Å². The summed E-state index contributed by atoms with van der Waals surface area (Å²) in [4.78, 5) is 15.7. The van der Waals surface area contributed by atoms with E-state index in [1.807, 2.05) is 18.2 Å². The maximum absolute atomic E-state index is 11.9. The van der Waals surface area contributed by atoms with E-state index in [1.54, 1.807) is 18.1 Å². The standard InChI is InChI=1S/C15H22N6O/c1-20(9-4-7-16)15(22)12-17-11-13-5-3-10-21(13)14-6-2-8-18-19-14/h2,6,8,13,17H,3-5,9-12H2,1H3/t13-/m0/s1. The average Bonchev–Trinajstić information content (AvgIpc) is 3.01. The van der Waals surface area contributed by atoms with E-state index >= 15 is 0 Å². The zero-order chi connectivity index (χ0) is 15.8. The number of anilines is 1. The van der Waals surface area contributed by atoms with E-state index in [2.05, 4.69) is 20.4 Å². The predicted octanol–water partition coefficient (Wildman–Crippen LogP) is 0.407. The molecule has 2 heterocycles. The first-order valence-electron chi connectivity index (χ1n) is 7.58. The summed E-state index contributed by atoms with van der Waals surface area (Å²) >= 11 is 0. The molecule has 0 unspecified atom stereocenters. The summed E-state index contributed by atoms with van der Waals surface area (Å²) in [6.07, 6.45) is 4.24. The molecule has 1 aliphatic heterocycles. The Labute approximate surface area is 130 Å². The summed E-state index contributed by atoms with van der Waals surface area (Å²) in [5.41, 5.74) is 0. The van der Waals surface area contributed by atoms with Crippen LogP contribution >= 0.6 is 0 Å². The van der Waals surface area contributed by atoms with Crippen LogP contribution in [0, 0.1) is 11.3 Å². The molecule has 1 N–H and O–H groups in total. The van der Waals surface area contributed by atoms with Gasteiger partial charge in [0.1, 0.15) is 0 Å². The van der Waals surface area contributed by atoms with Crippen molar-refractivity contribution < 1.29 is 4.79 Å². The zero-order valence-corrected chi connectivity index (χ0v) is 12.9. The molecule has 0 aliphatic carbocycles. The van der Waals surface area contributed by atoms with E-state index in [0.717, 1.165) is 31.7 Å². The Bertz CT molecular complexity index is 515. The smallest absolute Gasteiger partial charge is 0.236 e. The van der Waals surface area contributed by atoms with E-state index < -0.39 is 0 Å². The van der Waals surface area contributed by atoms with E-state index in [4.69, 9.17) is 5.26 Å². The number of carbonyl (C=O) groups excluding carboxylic acids is 1. The molecule has 7 heteroatoms. The molecule has 1 atom stereocenters. The van der Waals surface area contributed by atoms with Crippen LogP contribution in [0.4, 0.5) is 5.82 Å². The number of likely N-dealkylation sites (N-methyl/N-ethyl adjacent to an activating group) is 1. The molecule has 1 saturated heterocycles. The lowest BCUT2D eigenvalue weighted by atomic mass is 10.2. The molecule has 0 saturated carbocycles. The van der Waals surface area contributed by atoms with Crippen LogP contribution in [0.3, 0.4) is 0 Å². The summed E-state index contributed by atoms with van der Waals surface area (Å²) in [5.74, 6) is 0.906. The lowest BCUT2D eigenvalue weighted by molar-refractivity contribution is -0.128. The Balaban J connectivity index is 1.77. The third kappa shape index (κ3) is 4.40. The Hall–Kier alpha value is -2.20. The second-order valence-electron chi connectivity index (χ2n) is 5.43. The fourth-order valence-corrected chi connectivity index (χ4v) is 2.62. The summed E-state index contributed by atoms with van der Waals surface area (Å²) < 4.78 is 0. The van der Waals surface area contributed by atoms with Gasteiger partial charge in [0.2, 0.25) is 5.91 Å². The SMILES string of the molecule is CN(CCC#N)C(=O)CNC[C@@H]1CCCN1c1cccnn1. The van der Waals surface area contributed by atoms with Crippen LogP contribution in [0.1, 0.15) is 19.3 Å². The molecule has 1 aromatic heterocycles. The van der Waals surface area contributed by atoms with Crippen LogP contribution in [-0.4, -0.2) is 60.3 Å². The van der Waals surface area contributed by atoms with Crippen molar-refractivity contribution in [2.75, 3.05) is 38.1 Å². The highest BCUT2D eigenvalue weighted by atomic mass is 16.2. The Morgan fingerprint density at radius 2 is 2.50 bits per heavy atom. The highest BCUT2D eigenvalue weighted by Gasteiger charge is 2.25. The minimum absolute atomic E-state index is 0.0132.